The molecule has 0 aromatic heterocycles. The second-order valence-electron chi connectivity index (χ2n) is 3.82. The Hall–Kier alpha value is -1.10. The van der Waals surface area contributed by atoms with Gasteiger partial charge in [-0.1, -0.05) is 20.8 Å². The van der Waals surface area contributed by atoms with Crippen molar-refractivity contribution in [3.05, 3.63) is 0 Å². The molecule has 0 unspecified atom stereocenters. The highest BCUT2D eigenvalue weighted by atomic mass is 16.5. The van der Waals surface area contributed by atoms with Gasteiger partial charge >= 0.3 is 6.09 Å². The van der Waals surface area contributed by atoms with Gasteiger partial charge in [-0.3, -0.25) is 4.79 Å². The van der Waals surface area contributed by atoms with Crippen molar-refractivity contribution < 1.29 is 15.8 Å². The standard InChI is InChI=1S/C12H24N2O3.H2/c1-5-11(15)10(13-12(16)17-4)8-9-14(6-2)7-3;/h10H,5-9H2,1-4H3,(H,13,16);1H/t10-;/m1./s1. The number of Topliss-reactive ketones (excluding diaryl/α,β-unsaturated/α-hetero) is 1. The molecular weight excluding hydrogens is 220 g/mol. The molecule has 0 fully saturated rings. The Morgan fingerprint density at radius 2 is 1.88 bits per heavy atom. The third-order valence-corrected chi connectivity index (χ3v) is 2.84. The molecule has 17 heavy (non-hydrogen) atoms. The molecule has 0 aromatic rings. The zero-order valence-electron chi connectivity index (χ0n) is 11.3. The third kappa shape index (κ3) is 6.26. The number of alkyl carbamates (subject to hydrolysis) is 1. The normalized spacial score (nSPS) is 12.3. The number of hydrogen-bond donors (Lipinski definition) is 1. The molecule has 1 atom stereocenters. The summed E-state index contributed by atoms with van der Waals surface area (Å²) in [7, 11) is 1.30. The van der Waals surface area contributed by atoms with Crippen LogP contribution in [0.15, 0.2) is 0 Å². The van der Waals surface area contributed by atoms with Gasteiger partial charge in [0.1, 0.15) is 0 Å². The molecule has 1 amide bonds. The van der Waals surface area contributed by atoms with Crippen molar-refractivity contribution in [3.63, 3.8) is 0 Å². The maximum atomic E-state index is 11.7. The number of nitrogens with zero attached hydrogens (tertiary/aromatic N) is 1. The Kier molecular flexibility index (Phi) is 8.40. The van der Waals surface area contributed by atoms with Crippen molar-refractivity contribution >= 4 is 11.9 Å². The van der Waals surface area contributed by atoms with Gasteiger partial charge in [0.2, 0.25) is 0 Å². The summed E-state index contributed by atoms with van der Waals surface area (Å²) in [5.74, 6) is 0.0440. The summed E-state index contributed by atoms with van der Waals surface area (Å²) in [6, 6.07) is -0.437. The molecule has 0 spiro atoms. The number of amides is 1. The molecule has 0 bridgehead atoms. The number of rotatable bonds is 8. The summed E-state index contributed by atoms with van der Waals surface area (Å²) in [6.45, 7) is 8.64. The monoisotopic (exact) mass is 246 g/mol. The average Bonchev–Trinajstić information content (AvgIpc) is 2.37. The number of methoxy groups -OCH3 is 1. The molecule has 0 radical (unpaired) electrons. The van der Waals surface area contributed by atoms with E-state index in [0.717, 1.165) is 19.6 Å². The van der Waals surface area contributed by atoms with Crippen LogP contribution in [0, 0.1) is 0 Å². The Labute approximate surface area is 105 Å². The highest BCUT2D eigenvalue weighted by molar-refractivity contribution is 5.87. The molecule has 0 saturated carbocycles. The third-order valence-electron chi connectivity index (χ3n) is 2.84. The van der Waals surface area contributed by atoms with Gasteiger partial charge in [-0.15, -0.1) is 0 Å². The largest absolute Gasteiger partial charge is 0.453 e. The highest BCUT2D eigenvalue weighted by Crippen LogP contribution is 2.01. The predicted molar refractivity (Wildman–Crippen MR) is 69.1 cm³/mol. The lowest BCUT2D eigenvalue weighted by molar-refractivity contribution is -0.120. The summed E-state index contributed by atoms with van der Waals surface area (Å²) in [5.41, 5.74) is 0. The number of ketones is 1. The molecule has 0 saturated heterocycles. The average molecular weight is 246 g/mol. The van der Waals surface area contributed by atoms with E-state index in [4.69, 9.17) is 0 Å². The van der Waals surface area contributed by atoms with Crippen molar-refractivity contribution in [3.8, 4) is 0 Å². The molecule has 0 aliphatic rings. The zero-order valence-corrected chi connectivity index (χ0v) is 11.3. The van der Waals surface area contributed by atoms with Crippen molar-refractivity contribution in [1.82, 2.24) is 10.2 Å². The minimum atomic E-state index is -0.545. The molecule has 0 aliphatic carbocycles. The van der Waals surface area contributed by atoms with Crippen molar-refractivity contribution in [2.45, 2.75) is 39.7 Å². The van der Waals surface area contributed by atoms with Gasteiger partial charge in [-0.25, -0.2) is 4.79 Å². The molecule has 1 N–H and O–H groups in total. The minimum Gasteiger partial charge on any atom is -0.453 e. The number of carbonyl (C=O) groups excluding carboxylic acids is 2. The van der Waals surface area contributed by atoms with Gasteiger partial charge in [0.15, 0.2) is 5.78 Å². The minimum absolute atomic E-state index is 0. The lowest BCUT2D eigenvalue weighted by Crippen LogP contribution is -2.42. The van der Waals surface area contributed by atoms with Crippen LogP contribution in [0.4, 0.5) is 4.79 Å². The van der Waals surface area contributed by atoms with E-state index in [2.05, 4.69) is 28.8 Å². The molecule has 0 aliphatic heterocycles. The van der Waals surface area contributed by atoms with E-state index in [9.17, 15) is 9.59 Å². The van der Waals surface area contributed by atoms with Crippen LogP contribution in [0.2, 0.25) is 0 Å². The summed E-state index contributed by atoms with van der Waals surface area (Å²) < 4.78 is 4.52. The number of carbonyl (C=O) groups is 2. The Balaban J connectivity index is 0. The maximum absolute atomic E-state index is 11.7. The first-order valence-electron chi connectivity index (χ1n) is 6.18. The quantitative estimate of drug-likeness (QED) is 0.707. The maximum Gasteiger partial charge on any atom is 0.407 e. The van der Waals surface area contributed by atoms with Crippen molar-refractivity contribution in [2.75, 3.05) is 26.7 Å². The number of nitrogens with one attached hydrogen (secondary N) is 1. The van der Waals surface area contributed by atoms with Gasteiger partial charge in [-0.2, -0.15) is 0 Å². The Morgan fingerprint density at radius 3 is 2.29 bits per heavy atom. The SMILES string of the molecule is CCC(=O)[C@@H](CCN(CC)CC)NC(=O)OC.[HH]. The zero-order chi connectivity index (χ0) is 13.3. The van der Waals surface area contributed by atoms with E-state index in [1.807, 2.05) is 0 Å². The lowest BCUT2D eigenvalue weighted by atomic mass is 10.1. The van der Waals surface area contributed by atoms with Gasteiger partial charge in [0.25, 0.3) is 0 Å². The van der Waals surface area contributed by atoms with Gasteiger partial charge in [0.05, 0.1) is 13.2 Å². The molecule has 5 nitrogen and oxygen atoms in total. The fraction of sp³-hybridized carbons (Fsp3) is 0.833. The van der Waals surface area contributed by atoms with Crippen LogP contribution in [0.5, 0.6) is 0 Å². The number of ether oxygens (including phenoxy) is 1. The summed E-state index contributed by atoms with van der Waals surface area (Å²) in [5, 5.41) is 2.58. The second kappa shape index (κ2) is 8.98. The van der Waals surface area contributed by atoms with E-state index in [1.54, 1.807) is 6.92 Å². The van der Waals surface area contributed by atoms with Crippen LogP contribution in [0.3, 0.4) is 0 Å². The van der Waals surface area contributed by atoms with Crippen LogP contribution < -0.4 is 5.32 Å². The van der Waals surface area contributed by atoms with E-state index < -0.39 is 12.1 Å². The summed E-state index contributed by atoms with van der Waals surface area (Å²) in [4.78, 5) is 25.0. The van der Waals surface area contributed by atoms with Crippen LogP contribution in [-0.2, 0) is 9.53 Å². The molecule has 0 rings (SSSR count). The molecule has 5 heteroatoms. The number of hydrogen-bond acceptors (Lipinski definition) is 4. The lowest BCUT2D eigenvalue weighted by Gasteiger charge is -2.22. The van der Waals surface area contributed by atoms with E-state index in [1.165, 1.54) is 7.11 Å². The molecule has 0 heterocycles. The second-order valence-corrected chi connectivity index (χ2v) is 3.82. The molecular formula is C12H26N2O3. The smallest absolute Gasteiger partial charge is 0.407 e. The summed E-state index contributed by atoms with van der Waals surface area (Å²) in [6.07, 6.45) is 0.507. The first-order valence-corrected chi connectivity index (χ1v) is 6.18. The Bertz CT molecular complexity index is 245. The van der Waals surface area contributed by atoms with Crippen molar-refractivity contribution in [1.29, 1.82) is 0 Å². The van der Waals surface area contributed by atoms with Gasteiger partial charge in [0, 0.05) is 14.4 Å². The van der Waals surface area contributed by atoms with Gasteiger partial charge in [-0.05, 0) is 19.5 Å². The van der Waals surface area contributed by atoms with Crippen LogP contribution in [0.1, 0.15) is 35.0 Å². The van der Waals surface area contributed by atoms with Gasteiger partial charge < -0.3 is 15.0 Å². The van der Waals surface area contributed by atoms with Crippen molar-refractivity contribution in [2.24, 2.45) is 0 Å². The van der Waals surface area contributed by atoms with Crippen LogP contribution in [0.25, 0.3) is 0 Å². The van der Waals surface area contributed by atoms with E-state index in [0.29, 0.717) is 12.8 Å². The Morgan fingerprint density at radius 1 is 1.29 bits per heavy atom. The van der Waals surface area contributed by atoms with E-state index in [-0.39, 0.29) is 7.21 Å². The van der Waals surface area contributed by atoms with E-state index >= 15 is 0 Å². The highest BCUT2D eigenvalue weighted by Gasteiger charge is 2.19. The fourth-order valence-corrected chi connectivity index (χ4v) is 1.61. The predicted octanol–water partition coefficient (Wildman–Crippen LogP) is 1.67. The fourth-order valence-electron chi connectivity index (χ4n) is 1.61. The van der Waals surface area contributed by atoms with Crippen LogP contribution >= 0.6 is 0 Å². The first-order chi connectivity index (χ1) is 8.08. The topological polar surface area (TPSA) is 58.6 Å². The molecule has 0 aromatic carbocycles. The summed E-state index contributed by atoms with van der Waals surface area (Å²) >= 11 is 0. The van der Waals surface area contributed by atoms with Crippen LogP contribution in [-0.4, -0.2) is 49.6 Å². The molecule has 102 valence electrons. The first kappa shape index (κ1) is 15.9.